The number of rotatable bonds is 7. The minimum atomic E-state index is -0.229. The topological polar surface area (TPSA) is 85.9 Å². The number of quaternary nitrogens is 1. The van der Waals surface area contributed by atoms with Gasteiger partial charge in [-0.05, 0) is 23.3 Å². The lowest BCUT2D eigenvalue weighted by Crippen LogP contribution is -3.14. The van der Waals surface area contributed by atoms with E-state index in [4.69, 9.17) is 10.5 Å². The fourth-order valence-electron chi connectivity index (χ4n) is 3.73. The number of nitrogens with two attached hydrogens (primary N) is 1. The van der Waals surface area contributed by atoms with E-state index in [-0.39, 0.29) is 23.8 Å². The fourth-order valence-corrected chi connectivity index (χ4v) is 3.73. The van der Waals surface area contributed by atoms with Crippen LogP contribution >= 0.6 is 0 Å². The Kier molecular flexibility index (Phi) is 6.66. The molecule has 2 amide bonds. The summed E-state index contributed by atoms with van der Waals surface area (Å²) < 4.78 is 5.24. The van der Waals surface area contributed by atoms with Crippen LogP contribution in [0.4, 0.5) is 0 Å². The van der Waals surface area contributed by atoms with E-state index in [1.54, 1.807) is 7.11 Å². The second kappa shape index (κ2) is 9.37. The van der Waals surface area contributed by atoms with Gasteiger partial charge in [-0.2, -0.15) is 0 Å². The predicted molar refractivity (Wildman–Crippen MR) is 107 cm³/mol. The molecule has 2 aromatic carbocycles. The van der Waals surface area contributed by atoms with Crippen LogP contribution in [0.1, 0.15) is 30.0 Å². The molecule has 2 aromatic rings. The van der Waals surface area contributed by atoms with E-state index in [2.05, 4.69) is 5.32 Å². The Hall–Kier alpha value is -2.86. The number of methoxy groups -OCH3 is 1. The van der Waals surface area contributed by atoms with Gasteiger partial charge in [0.1, 0.15) is 5.75 Å². The molecule has 1 atom stereocenters. The number of carbonyl (C=O) groups excluding carboxylic acids is 2. The normalized spacial score (nSPS) is 20.2. The number of likely N-dealkylation sites (tertiary alicyclic amines) is 1. The molecular formula is C22H28N3O3+. The SMILES string of the molecule is COc1ccc([C@@H](NC(=O)C[NH+]2CCC(C(N)=O)CC2)c2ccccc2)cc1. The minimum absolute atomic E-state index is 0.00260. The third-order valence-corrected chi connectivity index (χ3v) is 5.39. The van der Waals surface area contributed by atoms with Crippen LogP contribution in [0.15, 0.2) is 54.6 Å². The summed E-state index contributed by atoms with van der Waals surface area (Å²) in [6.45, 7) is 1.98. The average molecular weight is 382 g/mol. The van der Waals surface area contributed by atoms with Crippen molar-refractivity contribution in [3.8, 4) is 5.75 Å². The number of carbonyl (C=O) groups is 2. The van der Waals surface area contributed by atoms with Gasteiger partial charge in [0.15, 0.2) is 6.54 Å². The van der Waals surface area contributed by atoms with Crippen LogP contribution in [0, 0.1) is 5.92 Å². The highest BCUT2D eigenvalue weighted by atomic mass is 16.5. The quantitative estimate of drug-likeness (QED) is 0.658. The van der Waals surface area contributed by atoms with E-state index in [0.29, 0.717) is 6.54 Å². The standard InChI is InChI=1S/C22H27N3O3/c1-28-19-9-7-17(8-10-19)21(16-5-3-2-4-6-16)24-20(26)15-25-13-11-18(12-14-25)22(23)27/h2-10,18,21H,11-15H2,1H3,(H2,23,27)(H,24,26)/p+1/t21-/m0/s1. The Labute approximate surface area is 165 Å². The molecule has 3 rings (SSSR count). The van der Waals surface area contributed by atoms with Gasteiger partial charge in [-0.15, -0.1) is 0 Å². The van der Waals surface area contributed by atoms with Crippen molar-refractivity contribution in [2.45, 2.75) is 18.9 Å². The molecule has 1 saturated heterocycles. The van der Waals surface area contributed by atoms with Crippen LogP contribution in [0.5, 0.6) is 5.75 Å². The zero-order valence-electron chi connectivity index (χ0n) is 16.2. The maximum absolute atomic E-state index is 12.8. The van der Waals surface area contributed by atoms with Crippen molar-refractivity contribution < 1.29 is 19.2 Å². The van der Waals surface area contributed by atoms with Gasteiger partial charge in [0.05, 0.1) is 26.2 Å². The predicted octanol–water partition coefficient (Wildman–Crippen LogP) is 0.681. The largest absolute Gasteiger partial charge is 0.497 e. The van der Waals surface area contributed by atoms with Gasteiger partial charge < -0.3 is 20.7 Å². The van der Waals surface area contributed by atoms with Crippen molar-refractivity contribution in [1.82, 2.24) is 5.32 Å². The smallest absolute Gasteiger partial charge is 0.275 e. The number of amides is 2. The van der Waals surface area contributed by atoms with Gasteiger partial charge in [0.2, 0.25) is 5.91 Å². The summed E-state index contributed by atoms with van der Waals surface area (Å²) in [6.07, 6.45) is 1.50. The first-order valence-corrected chi connectivity index (χ1v) is 9.68. The molecule has 0 spiro atoms. The molecular weight excluding hydrogens is 354 g/mol. The molecule has 4 N–H and O–H groups in total. The molecule has 148 valence electrons. The van der Waals surface area contributed by atoms with E-state index in [0.717, 1.165) is 42.8 Å². The second-order valence-corrected chi connectivity index (χ2v) is 7.29. The zero-order chi connectivity index (χ0) is 19.9. The van der Waals surface area contributed by atoms with Gasteiger partial charge in [-0.25, -0.2) is 0 Å². The fraction of sp³-hybridized carbons (Fsp3) is 0.364. The summed E-state index contributed by atoms with van der Waals surface area (Å²) in [4.78, 5) is 25.3. The van der Waals surface area contributed by atoms with Gasteiger partial charge in [0.25, 0.3) is 5.91 Å². The van der Waals surface area contributed by atoms with Crippen LogP contribution in [0.2, 0.25) is 0 Å². The summed E-state index contributed by atoms with van der Waals surface area (Å²) in [5.41, 5.74) is 7.43. The molecule has 0 aromatic heterocycles. The van der Waals surface area contributed by atoms with Crippen LogP contribution < -0.4 is 20.7 Å². The van der Waals surface area contributed by atoms with Gasteiger partial charge >= 0.3 is 0 Å². The highest BCUT2D eigenvalue weighted by Crippen LogP contribution is 2.24. The Morgan fingerprint density at radius 1 is 1.07 bits per heavy atom. The van der Waals surface area contributed by atoms with Gasteiger partial charge in [-0.3, -0.25) is 9.59 Å². The van der Waals surface area contributed by atoms with Crippen molar-refractivity contribution in [1.29, 1.82) is 0 Å². The summed E-state index contributed by atoms with van der Waals surface area (Å²) in [7, 11) is 1.63. The molecule has 0 saturated carbocycles. The van der Waals surface area contributed by atoms with E-state index in [1.165, 1.54) is 4.90 Å². The summed E-state index contributed by atoms with van der Waals surface area (Å²) >= 11 is 0. The summed E-state index contributed by atoms with van der Waals surface area (Å²) in [5, 5.41) is 3.18. The second-order valence-electron chi connectivity index (χ2n) is 7.29. The lowest BCUT2D eigenvalue weighted by atomic mass is 9.96. The minimum Gasteiger partial charge on any atom is -0.497 e. The molecule has 1 heterocycles. The first-order chi connectivity index (χ1) is 13.6. The van der Waals surface area contributed by atoms with Crippen molar-refractivity contribution in [3.05, 3.63) is 65.7 Å². The first-order valence-electron chi connectivity index (χ1n) is 9.68. The van der Waals surface area contributed by atoms with Crippen LogP contribution in [-0.4, -0.2) is 38.6 Å². The molecule has 0 radical (unpaired) electrons. The van der Waals surface area contributed by atoms with Gasteiger partial charge in [0, 0.05) is 18.8 Å². The number of piperidine rings is 1. The lowest BCUT2D eigenvalue weighted by molar-refractivity contribution is -0.897. The monoisotopic (exact) mass is 382 g/mol. The number of hydrogen-bond acceptors (Lipinski definition) is 3. The maximum Gasteiger partial charge on any atom is 0.275 e. The third kappa shape index (κ3) is 5.10. The number of hydrogen-bond donors (Lipinski definition) is 3. The van der Waals surface area contributed by atoms with Crippen molar-refractivity contribution in [2.24, 2.45) is 11.7 Å². The molecule has 0 bridgehead atoms. The third-order valence-electron chi connectivity index (χ3n) is 5.39. The van der Waals surface area contributed by atoms with Gasteiger partial charge in [-0.1, -0.05) is 42.5 Å². The van der Waals surface area contributed by atoms with Crippen LogP contribution in [0.3, 0.4) is 0 Å². The van der Waals surface area contributed by atoms with Crippen LogP contribution in [-0.2, 0) is 9.59 Å². The maximum atomic E-state index is 12.8. The number of primary amides is 1. The number of benzene rings is 2. The van der Waals surface area contributed by atoms with Crippen LogP contribution in [0.25, 0.3) is 0 Å². The Bertz CT molecular complexity index is 784. The Balaban J connectivity index is 1.67. The Morgan fingerprint density at radius 3 is 2.25 bits per heavy atom. The van der Waals surface area contributed by atoms with Crippen molar-refractivity contribution in [3.63, 3.8) is 0 Å². The summed E-state index contributed by atoms with van der Waals surface area (Å²) in [5.74, 6) is 0.496. The number of ether oxygens (including phenoxy) is 1. The molecule has 0 aliphatic carbocycles. The number of nitrogens with one attached hydrogen (secondary N) is 2. The molecule has 6 heteroatoms. The molecule has 1 aliphatic rings. The average Bonchev–Trinajstić information content (AvgIpc) is 2.73. The summed E-state index contributed by atoms with van der Waals surface area (Å²) in [6, 6.07) is 17.5. The van der Waals surface area contributed by atoms with Crippen molar-refractivity contribution >= 4 is 11.8 Å². The Morgan fingerprint density at radius 2 is 1.68 bits per heavy atom. The molecule has 28 heavy (non-hydrogen) atoms. The first kappa shape index (κ1) is 19.9. The van der Waals surface area contributed by atoms with E-state index < -0.39 is 0 Å². The molecule has 6 nitrogen and oxygen atoms in total. The lowest BCUT2D eigenvalue weighted by Gasteiger charge is -2.28. The molecule has 1 fully saturated rings. The molecule has 1 aliphatic heterocycles. The highest BCUT2D eigenvalue weighted by molar-refractivity contribution is 5.78. The van der Waals surface area contributed by atoms with E-state index in [1.807, 2.05) is 54.6 Å². The zero-order valence-corrected chi connectivity index (χ0v) is 16.2. The van der Waals surface area contributed by atoms with E-state index >= 15 is 0 Å². The molecule has 0 unspecified atom stereocenters. The van der Waals surface area contributed by atoms with E-state index in [9.17, 15) is 9.59 Å². The highest BCUT2D eigenvalue weighted by Gasteiger charge is 2.28. The van der Waals surface area contributed by atoms with Crippen molar-refractivity contribution in [2.75, 3.05) is 26.7 Å².